The zero-order valence-corrected chi connectivity index (χ0v) is 15.0. The van der Waals surface area contributed by atoms with Crippen molar-refractivity contribution in [3.63, 3.8) is 0 Å². The first kappa shape index (κ1) is 19.2. The number of pyridine rings is 1. The molecule has 2 amide bonds. The number of rotatable bonds is 3. The van der Waals surface area contributed by atoms with Crippen molar-refractivity contribution >= 4 is 33.6 Å². The molecule has 1 aliphatic rings. The lowest BCUT2D eigenvalue weighted by molar-refractivity contribution is -0.136. The summed E-state index contributed by atoms with van der Waals surface area (Å²) in [6, 6.07) is 0.829. The summed E-state index contributed by atoms with van der Waals surface area (Å²) in [4.78, 5) is 28.2. The van der Waals surface area contributed by atoms with E-state index in [1.807, 2.05) is 0 Å². The van der Waals surface area contributed by atoms with Crippen molar-refractivity contribution in [2.75, 3.05) is 20.1 Å². The molecule has 7 nitrogen and oxygen atoms in total. The zero-order valence-electron chi connectivity index (χ0n) is 14.2. The highest BCUT2D eigenvalue weighted by atomic mass is 32.1. The molecule has 0 unspecified atom stereocenters. The number of nitrogens with one attached hydrogen (secondary N) is 1. The standard InChI is InChI=1S/C16H16F3N3O4S/c1-20-14(23)9-7-27-13-10(16(17,18)19)6-11(21-12(9)13)26-8-2-4-22(5-3-8)15(24)25/h6-8H,2-5H2,1H3,(H,20,23)(H,24,25). The number of fused-ring (bicyclic) bond motifs is 1. The maximum atomic E-state index is 13.5. The first-order valence-electron chi connectivity index (χ1n) is 8.06. The van der Waals surface area contributed by atoms with Crippen LogP contribution in [0, 0.1) is 0 Å². The van der Waals surface area contributed by atoms with Gasteiger partial charge in [-0.05, 0) is 0 Å². The fourth-order valence-electron chi connectivity index (χ4n) is 2.89. The topological polar surface area (TPSA) is 91.8 Å². The summed E-state index contributed by atoms with van der Waals surface area (Å²) in [5.41, 5.74) is -0.924. The molecule has 0 bridgehead atoms. The predicted octanol–water partition coefficient (Wildman–Crippen LogP) is 3.20. The summed E-state index contributed by atoms with van der Waals surface area (Å²) >= 11 is 0.799. The fraction of sp³-hybridized carbons (Fsp3) is 0.438. The van der Waals surface area contributed by atoms with Gasteiger partial charge in [0.05, 0.1) is 21.3 Å². The molecular weight excluding hydrogens is 387 g/mol. The lowest BCUT2D eigenvalue weighted by atomic mass is 10.1. The smallest absolute Gasteiger partial charge is 0.418 e. The van der Waals surface area contributed by atoms with E-state index in [1.54, 1.807) is 0 Å². The molecule has 0 saturated carbocycles. The highest BCUT2D eigenvalue weighted by Gasteiger charge is 2.36. The molecule has 3 rings (SSSR count). The summed E-state index contributed by atoms with van der Waals surface area (Å²) in [6.07, 6.45) is -5.43. The van der Waals surface area contributed by atoms with Gasteiger partial charge in [-0.1, -0.05) is 0 Å². The SMILES string of the molecule is CNC(=O)c1csc2c(C(F)(F)F)cc(OC3CCN(C(=O)O)CC3)nc12. The van der Waals surface area contributed by atoms with Crippen LogP contribution in [0.3, 0.4) is 0 Å². The minimum absolute atomic E-state index is 0.0501. The van der Waals surface area contributed by atoms with Crippen LogP contribution in [0.2, 0.25) is 0 Å². The molecule has 2 aromatic rings. The van der Waals surface area contributed by atoms with Crippen molar-refractivity contribution < 1.29 is 32.6 Å². The summed E-state index contributed by atoms with van der Waals surface area (Å²) in [7, 11) is 1.38. The molecule has 1 aliphatic heterocycles. The van der Waals surface area contributed by atoms with Crippen LogP contribution in [0.5, 0.6) is 5.88 Å². The number of thiophene rings is 1. The second-order valence-electron chi connectivity index (χ2n) is 6.00. The predicted molar refractivity (Wildman–Crippen MR) is 91.3 cm³/mol. The highest BCUT2D eigenvalue weighted by Crippen LogP contribution is 2.40. The number of alkyl halides is 3. The van der Waals surface area contributed by atoms with E-state index in [-0.39, 0.29) is 34.7 Å². The van der Waals surface area contributed by atoms with Crippen LogP contribution in [-0.2, 0) is 6.18 Å². The van der Waals surface area contributed by atoms with Gasteiger partial charge in [0.25, 0.3) is 5.91 Å². The average Bonchev–Trinajstić information content (AvgIpc) is 3.03. The van der Waals surface area contributed by atoms with Gasteiger partial charge in [-0.3, -0.25) is 4.79 Å². The second kappa shape index (κ2) is 7.22. The first-order valence-corrected chi connectivity index (χ1v) is 8.94. The summed E-state index contributed by atoms with van der Waals surface area (Å²) in [5, 5.41) is 12.7. The quantitative estimate of drug-likeness (QED) is 0.821. The molecule has 3 heterocycles. The van der Waals surface area contributed by atoms with Crippen molar-refractivity contribution in [3.8, 4) is 5.88 Å². The van der Waals surface area contributed by atoms with Crippen LogP contribution in [0.25, 0.3) is 10.2 Å². The number of amides is 2. The molecule has 2 N–H and O–H groups in total. The second-order valence-corrected chi connectivity index (χ2v) is 6.88. The number of hydrogen-bond donors (Lipinski definition) is 2. The van der Waals surface area contributed by atoms with Crippen LogP contribution in [-0.4, -0.2) is 53.2 Å². The van der Waals surface area contributed by atoms with E-state index >= 15 is 0 Å². The van der Waals surface area contributed by atoms with Crippen LogP contribution < -0.4 is 10.1 Å². The van der Waals surface area contributed by atoms with Gasteiger partial charge in [-0.25, -0.2) is 9.78 Å². The number of likely N-dealkylation sites (tertiary alicyclic amines) is 1. The molecule has 0 radical (unpaired) electrons. The van der Waals surface area contributed by atoms with Crippen molar-refractivity contribution in [1.29, 1.82) is 0 Å². The maximum Gasteiger partial charge on any atom is 0.418 e. The van der Waals surface area contributed by atoms with E-state index in [0.29, 0.717) is 12.8 Å². The Balaban J connectivity index is 1.93. The lowest BCUT2D eigenvalue weighted by Gasteiger charge is -2.30. The highest BCUT2D eigenvalue weighted by molar-refractivity contribution is 7.17. The van der Waals surface area contributed by atoms with Gasteiger partial charge >= 0.3 is 12.3 Å². The van der Waals surface area contributed by atoms with E-state index in [2.05, 4.69) is 10.3 Å². The molecule has 0 aliphatic carbocycles. The third-order valence-electron chi connectivity index (χ3n) is 4.28. The van der Waals surface area contributed by atoms with Gasteiger partial charge in [0.2, 0.25) is 5.88 Å². The van der Waals surface area contributed by atoms with E-state index in [9.17, 15) is 22.8 Å². The van der Waals surface area contributed by atoms with Crippen LogP contribution in [0.1, 0.15) is 28.8 Å². The largest absolute Gasteiger partial charge is 0.474 e. The Morgan fingerprint density at radius 2 is 2.04 bits per heavy atom. The Kier molecular flexibility index (Phi) is 5.13. The Morgan fingerprint density at radius 1 is 1.37 bits per heavy atom. The number of halogens is 3. The number of carbonyl (C=O) groups is 2. The maximum absolute atomic E-state index is 13.5. The normalized spacial score (nSPS) is 15.8. The van der Waals surface area contributed by atoms with Crippen LogP contribution >= 0.6 is 11.3 Å². The first-order chi connectivity index (χ1) is 12.7. The molecule has 146 valence electrons. The molecule has 1 fully saturated rings. The van der Waals surface area contributed by atoms with Crippen molar-refractivity contribution in [2.24, 2.45) is 0 Å². The third-order valence-corrected chi connectivity index (χ3v) is 5.28. The van der Waals surface area contributed by atoms with Gasteiger partial charge in [0, 0.05) is 44.4 Å². The summed E-state index contributed by atoms with van der Waals surface area (Å²) < 4.78 is 45.9. The Labute approximate surface area is 155 Å². The molecular formula is C16H16F3N3O4S. The number of nitrogens with zero attached hydrogens (tertiary/aromatic N) is 2. The van der Waals surface area contributed by atoms with Crippen LogP contribution in [0.15, 0.2) is 11.4 Å². The summed E-state index contributed by atoms with van der Waals surface area (Å²) in [6.45, 7) is 0.465. The number of carboxylic acid groups (broad SMARTS) is 1. The summed E-state index contributed by atoms with van der Waals surface area (Å²) in [5.74, 6) is -0.763. The minimum atomic E-state index is -4.63. The van der Waals surface area contributed by atoms with Gasteiger partial charge in [0.1, 0.15) is 6.10 Å². The van der Waals surface area contributed by atoms with Crippen molar-refractivity contribution in [2.45, 2.75) is 25.1 Å². The van der Waals surface area contributed by atoms with Gasteiger partial charge < -0.3 is 20.1 Å². The number of aromatic nitrogens is 1. The number of piperidine rings is 1. The molecule has 2 aromatic heterocycles. The van der Waals surface area contributed by atoms with Gasteiger partial charge in [0.15, 0.2) is 0 Å². The van der Waals surface area contributed by atoms with Crippen molar-refractivity contribution in [1.82, 2.24) is 15.2 Å². The van der Waals surface area contributed by atoms with Crippen LogP contribution in [0.4, 0.5) is 18.0 Å². The van der Waals surface area contributed by atoms with Gasteiger partial charge in [-0.2, -0.15) is 13.2 Å². The number of carbonyl (C=O) groups excluding carboxylic acids is 1. The molecule has 0 aromatic carbocycles. The molecule has 1 saturated heterocycles. The Morgan fingerprint density at radius 3 is 2.59 bits per heavy atom. The minimum Gasteiger partial charge on any atom is -0.474 e. The van der Waals surface area contributed by atoms with E-state index in [1.165, 1.54) is 17.3 Å². The molecule has 0 atom stereocenters. The van der Waals surface area contributed by atoms with Gasteiger partial charge in [-0.15, -0.1) is 11.3 Å². The number of ether oxygens (including phenoxy) is 1. The third kappa shape index (κ3) is 3.92. The fourth-order valence-corrected chi connectivity index (χ4v) is 3.91. The van der Waals surface area contributed by atoms with E-state index in [4.69, 9.17) is 9.84 Å². The monoisotopic (exact) mass is 403 g/mol. The molecule has 27 heavy (non-hydrogen) atoms. The Hall–Kier alpha value is -2.56. The zero-order chi connectivity index (χ0) is 19.8. The average molecular weight is 403 g/mol. The molecule has 11 heteroatoms. The lowest BCUT2D eigenvalue weighted by Crippen LogP contribution is -2.41. The van der Waals surface area contributed by atoms with E-state index in [0.717, 1.165) is 17.4 Å². The number of hydrogen-bond acceptors (Lipinski definition) is 5. The Bertz CT molecular complexity index is 876. The van der Waals surface area contributed by atoms with E-state index < -0.39 is 29.8 Å². The molecule has 0 spiro atoms. The van der Waals surface area contributed by atoms with Crippen molar-refractivity contribution in [3.05, 3.63) is 22.6 Å².